The first kappa shape index (κ1) is 27.4. The molecule has 0 bridgehead atoms. The van der Waals surface area contributed by atoms with E-state index in [1.807, 2.05) is 121 Å². The van der Waals surface area contributed by atoms with Crippen molar-refractivity contribution in [2.45, 2.75) is 24.0 Å². The van der Waals surface area contributed by atoms with Crippen LogP contribution in [-0.2, 0) is 19.1 Å². The van der Waals surface area contributed by atoms with Gasteiger partial charge in [-0.25, -0.2) is 9.59 Å². The molecule has 4 atom stereocenters. The molecule has 5 aromatic rings. The van der Waals surface area contributed by atoms with E-state index in [1.54, 1.807) is 12.2 Å². The number of cyclic esters (lactones) is 2. The van der Waals surface area contributed by atoms with E-state index in [0.717, 1.165) is 44.5 Å². The third kappa shape index (κ3) is 5.38. The van der Waals surface area contributed by atoms with Crippen molar-refractivity contribution in [3.05, 3.63) is 191 Å². The highest BCUT2D eigenvalue weighted by Crippen LogP contribution is 2.49. The minimum atomic E-state index is -0.484. The van der Waals surface area contributed by atoms with E-state index in [1.165, 1.54) is 0 Å². The normalized spacial score (nSPS) is 21.5. The minimum absolute atomic E-state index is 0.218. The van der Waals surface area contributed by atoms with Gasteiger partial charge in [0, 0.05) is 12.2 Å². The number of esters is 2. The Morgan fingerprint density at radius 1 is 0.364 bits per heavy atom. The van der Waals surface area contributed by atoms with E-state index in [2.05, 4.69) is 24.3 Å². The Bertz CT molecular complexity index is 1690. The number of rotatable bonds is 6. The van der Waals surface area contributed by atoms with Crippen LogP contribution in [0, 0.1) is 0 Å². The van der Waals surface area contributed by atoms with E-state index in [-0.39, 0.29) is 23.8 Å². The molecule has 0 saturated carbocycles. The van der Waals surface area contributed by atoms with Crippen LogP contribution in [-0.4, -0.2) is 11.9 Å². The Labute approximate surface area is 256 Å². The SMILES string of the molecule is O=C1C=C(c2ccccc2)C(c2ccc(C3C(c4ccccc4)=CC(=O)OC3c3ccccc3)cc2)C(c2ccccc2)O1. The van der Waals surface area contributed by atoms with Gasteiger partial charge in [0.15, 0.2) is 0 Å². The van der Waals surface area contributed by atoms with Crippen LogP contribution in [0.5, 0.6) is 0 Å². The molecule has 5 aromatic carbocycles. The molecule has 0 amide bonds. The first-order valence-corrected chi connectivity index (χ1v) is 14.8. The van der Waals surface area contributed by atoms with Crippen LogP contribution >= 0.6 is 0 Å². The van der Waals surface area contributed by atoms with E-state index in [4.69, 9.17) is 9.47 Å². The Hall–Kier alpha value is -5.48. The summed E-state index contributed by atoms with van der Waals surface area (Å²) in [7, 11) is 0. The lowest BCUT2D eigenvalue weighted by molar-refractivity contribution is -0.146. The van der Waals surface area contributed by atoms with Crippen molar-refractivity contribution in [1.82, 2.24) is 0 Å². The maximum atomic E-state index is 12.9. The molecule has 4 unspecified atom stereocenters. The standard InChI is InChI=1S/C40H30O4/c41-35-25-33(27-13-5-1-6-14-27)37(39(43-35)31-17-9-3-10-18-31)29-21-23-30(24-22-29)38-34(28-15-7-2-8-16-28)26-36(42)44-40(38)32-19-11-4-12-20-32/h1-26,37-40H. The third-order valence-electron chi connectivity index (χ3n) is 8.43. The zero-order valence-corrected chi connectivity index (χ0v) is 24.0. The second kappa shape index (κ2) is 12.0. The van der Waals surface area contributed by atoms with Crippen LogP contribution in [0.3, 0.4) is 0 Å². The maximum Gasteiger partial charge on any atom is 0.331 e. The largest absolute Gasteiger partial charge is 0.453 e. The van der Waals surface area contributed by atoms with Crippen LogP contribution < -0.4 is 0 Å². The van der Waals surface area contributed by atoms with Gasteiger partial charge in [0.05, 0.1) is 11.8 Å². The number of carbonyl (C=O) groups is 2. The van der Waals surface area contributed by atoms with E-state index in [0.29, 0.717) is 0 Å². The van der Waals surface area contributed by atoms with Gasteiger partial charge in [0.1, 0.15) is 12.2 Å². The van der Waals surface area contributed by atoms with Gasteiger partial charge in [-0.15, -0.1) is 0 Å². The molecule has 0 saturated heterocycles. The molecule has 4 nitrogen and oxygen atoms in total. The molecule has 0 aliphatic carbocycles. The molecule has 0 aromatic heterocycles. The van der Waals surface area contributed by atoms with Crippen molar-refractivity contribution in [1.29, 1.82) is 0 Å². The zero-order chi connectivity index (χ0) is 29.9. The first-order chi connectivity index (χ1) is 21.7. The molecule has 0 spiro atoms. The smallest absolute Gasteiger partial charge is 0.331 e. The van der Waals surface area contributed by atoms with Gasteiger partial charge in [-0.05, 0) is 44.5 Å². The van der Waals surface area contributed by atoms with Crippen molar-refractivity contribution in [3.8, 4) is 0 Å². The number of benzene rings is 5. The van der Waals surface area contributed by atoms with Gasteiger partial charge in [-0.2, -0.15) is 0 Å². The number of hydrogen-bond donors (Lipinski definition) is 0. The molecule has 2 aliphatic rings. The second-order valence-electron chi connectivity index (χ2n) is 11.1. The van der Waals surface area contributed by atoms with Crippen LogP contribution in [0.25, 0.3) is 11.1 Å². The van der Waals surface area contributed by atoms with E-state index in [9.17, 15) is 9.59 Å². The molecular formula is C40H30O4. The zero-order valence-electron chi connectivity index (χ0n) is 24.0. The summed E-state index contributed by atoms with van der Waals surface area (Å²) < 4.78 is 12.0. The lowest BCUT2D eigenvalue weighted by atomic mass is 9.76. The Balaban J connectivity index is 1.34. The summed E-state index contributed by atoms with van der Waals surface area (Å²) in [5.74, 6) is -1.13. The van der Waals surface area contributed by atoms with Crippen LogP contribution in [0.15, 0.2) is 158 Å². The molecule has 214 valence electrons. The van der Waals surface area contributed by atoms with Gasteiger partial charge in [0.25, 0.3) is 0 Å². The molecule has 2 heterocycles. The highest BCUT2D eigenvalue weighted by molar-refractivity contribution is 5.96. The molecule has 7 rings (SSSR count). The summed E-state index contributed by atoms with van der Waals surface area (Å²) in [6, 6.07) is 48.3. The molecule has 4 heteroatoms. The number of carbonyl (C=O) groups excluding carboxylic acids is 2. The summed E-state index contributed by atoms with van der Waals surface area (Å²) in [6.07, 6.45) is 2.27. The highest BCUT2D eigenvalue weighted by Gasteiger charge is 2.38. The summed E-state index contributed by atoms with van der Waals surface area (Å²) in [4.78, 5) is 25.8. The average molecular weight is 575 g/mol. The fraction of sp³-hybridized carbons (Fsp3) is 0.100. The van der Waals surface area contributed by atoms with Crippen molar-refractivity contribution in [3.63, 3.8) is 0 Å². The van der Waals surface area contributed by atoms with Gasteiger partial charge in [0.2, 0.25) is 0 Å². The summed E-state index contributed by atoms with van der Waals surface area (Å²) in [5.41, 5.74) is 7.74. The van der Waals surface area contributed by atoms with Crippen LogP contribution in [0.1, 0.15) is 57.4 Å². The number of ether oxygens (including phenoxy) is 2. The quantitative estimate of drug-likeness (QED) is 0.191. The minimum Gasteiger partial charge on any atom is -0.453 e. The lowest BCUT2D eigenvalue weighted by Crippen LogP contribution is -2.25. The molecular weight excluding hydrogens is 544 g/mol. The third-order valence-corrected chi connectivity index (χ3v) is 8.43. The van der Waals surface area contributed by atoms with Gasteiger partial charge >= 0.3 is 11.9 Å². The van der Waals surface area contributed by atoms with Crippen LogP contribution in [0.2, 0.25) is 0 Å². The summed E-state index contributed by atoms with van der Waals surface area (Å²) in [5, 5.41) is 0. The average Bonchev–Trinajstić information content (AvgIpc) is 3.09. The van der Waals surface area contributed by atoms with Gasteiger partial charge < -0.3 is 9.47 Å². The van der Waals surface area contributed by atoms with Crippen molar-refractivity contribution in [2.75, 3.05) is 0 Å². The molecule has 2 aliphatic heterocycles. The van der Waals surface area contributed by atoms with Gasteiger partial charge in [-0.1, -0.05) is 146 Å². The Morgan fingerprint density at radius 3 is 1.02 bits per heavy atom. The van der Waals surface area contributed by atoms with Gasteiger partial charge in [-0.3, -0.25) is 0 Å². The Morgan fingerprint density at radius 2 is 0.682 bits per heavy atom. The first-order valence-electron chi connectivity index (χ1n) is 14.8. The topological polar surface area (TPSA) is 52.6 Å². The van der Waals surface area contributed by atoms with Crippen molar-refractivity contribution >= 4 is 23.1 Å². The highest BCUT2D eigenvalue weighted by atomic mass is 16.5. The molecule has 0 radical (unpaired) electrons. The molecule has 44 heavy (non-hydrogen) atoms. The van der Waals surface area contributed by atoms with Crippen molar-refractivity contribution < 1.29 is 19.1 Å². The lowest BCUT2D eigenvalue weighted by Gasteiger charge is -2.35. The van der Waals surface area contributed by atoms with E-state index < -0.39 is 12.2 Å². The second-order valence-corrected chi connectivity index (χ2v) is 11.1. The molecule has 0 fully saturated rings. The maximum absolute atomic E-state index is 12.9. The van der Waals surface area contributed by atoms with Crippen LogP contribution in [0.4, 0.5) is 0 Å². The van der Waals surface area contributed by atoms with E-state index >= 15 is 0 Å². The summed E-state index contributed by atoms with van der Waals surface area (Å²) in [6.45, 7) is 0. The number of hydrogen-bond acceptors (Lipinski definition) is 4. The monoisotopic (exact) mass is 574 g/mol. The predicted octanol–water partition coefficient (Wildman–Crippen LogP) is 8.62. The predicted molar refractivity (Wildman–Crippen MR) is 171 cm³/mol. The fourth-order valence-electron chi connectivity index (χ4n) is 6.43. The fourth-order valence-corrected chi connectivity index (χ4v) is 6.43. The summed E-state index contributed by atoms with van der Waals surface area (Å²) >= 11 is 0. The Kier molecular flexibility index (Phi) is 7.47. The van der Waals surface area contributed by atoms with Crippen molar-refractivity contribution in [2.24, 2.45) is 0 Å². The molecule has 0 N–H and O–H groups in total.